The Labute approximate surface area is 195 Å². The van der Waals surface area contributed by atoms with Gasteiger partial charge in [-0.15, -0.1) is 11.3 Å². The maximum atomic E-state index is 13.4. The Hall–Kier alpha value is -3.42. The van der Waals surface area contributed by atoms with Crippen LogP contribution in [0.3, 0.4) is 0 Å². The molecule has 7 heteroatoms. The second-order valence-electron chi connectivity index (χ2n) is 7.91. The highest BCUT2D eigenvalue weighted by atomic mass is 32.1. The Morgan fingerprint density at radius 2 is 1.67 bits per heavy atom. The molecule has 4 aromatic rings. The van der Waals surface area contributed by atoms with Gasteiger partial charge >= 0.3 is 5.97 Å². The van der Waals surface area contributed by atoms with Crippen LogP contribution < -0.4 is 0 Å². The second kappa shape index (κ2) is 10.0. The van der Waals surface area contributed by atoms with E-state index in [0.29, 0.717) is 11.1 Å². The van der Waals surface area contributed by atoms with Crippen molar-refractivity contribution in [2.45, 2.75) is 32.1 Å². The van der Waals surface area contributed by atoms with Crippen molar-refractivity contribution in [2.75, 3.05) is 6.61 Å². The molecule has 0 bridgehead atoms. The molecule has 0 saturated carbocycles. The number of hydrogen-bond acceptors (Lipinski definition) is 5. The number of aliphatic hydroxyl groups is 1. The summed E-state index contributed by atoms with van der Waals surface area (Å²) in [4.78, 5) is 28.4. The van der Waals surface area contributed by atoms with Crippen LogP contribution in [0.15, 0.2) is 54.7 Å². The van der Waals surface area contributed by atoms with Crippen LogP contribution in [0.4, 0.5) is 0 Å². The van der Waals surface area contributed by atoms with Gasteiger partial charge in [0, 0.05) is 34.8 Å². The Balaban J connectivity index is 1.68. The maximum absolute atomic E-state index is 13.4. The second-order valence-corrected chi connectivity index (χ2v) is 8.93. The number of nitrogens with one attached hydrogen (secondary N) is 1. The number of aryl methyl sites for hydroxylation is 1. The highest BCUT2D eigenvalue weighted by Crippen LogP contribution is 2.43. The quantitative estimate of drug-likeness (QED) is 0.180. The van der Waals surface area contributed by atoms with Gasteiger partial charge in [-0.2, -0.15) is 0 Å². The molecule has 0 spiro atoms. The molecule has 0 unspecified atom stereocenters. The molecule has 0 fully saturated rings. The lowest BCUT2D eigenvalue weighted by Gasteiger charge is -2.05. The number of aromatic carboxylic acids is 1. The van der Waals surface area contributed by atoms with E-state index in [4.69, 9.17) is 5.11 Å². The van der Waals surface area contributed by atoms with E-state index in [-0.39, 0.29) is 27.7 Å². The number of rotatable bonds is 10. The minimum atomic E-state index is -1.18. The van der Waals surface area contributed by atoms with Crippen LogP contribution in [0.1, 0.15) is 56.2 Å². The fraction of sp³-hybridized carbons (Fsp3) is 0.231. The zero-order valence-electron chi connectivity index (χ0n) is 18.0. The van der Waals surface area contributed by atoms with Crippen LogP contribution in [0.2, 0.25) is 0 Å². The number of unbranched alkanes of at least 4 members (excludes halogenated alkanes) is 3. The number of hydrogen-bond donors (Lipinski definition) is 4. The number of carbonyl (C=O) groups excluding carboxylic acids is 1. The van der Waals surface area contributed by atoms with Gasteiger partial charge in [-0.25, -0.2) is 4.79 Å². The van der Waals surface area contributed by atoms with Gasteiger partial charge in [0.05, 0.1) is 0 Å². The van der Waals surface area contributed by atoms with Crippen LogP contribution >= 0.6 is 11.3 Å². The number of H-pyrrole nitrogens is 1. The summed E-state index contributed by atoms with van der Waals surface area (Å²) < 4.78 is 0. The van der Waals surface area contributed by atoms with Crippen molar-refractivity contribution < 1.29 is 24.9 Å². The monoisotopic (exact) mass is 463 g/mol. The average molecular weight is 464 g/mol. The summed E-state index contributed by atoms with van der Waals surface area (Å²) in [5.74, 6) is -1.90. The third-order valence-electron chi connectivity index (χ3n) is 5.75. The Kier molecular flexibility index (Phi) is 6.91. The number of carboxylic acid groups (broad SMARTS) is 1. The summed E-state index contributed by atoms with van der Waals surface area (Å²) in [6.07, 6.45) is 6.27. The molecular weight excluding hydrogens is 438 g/mol. The first-order chi connectivity index (χ1) is 16.0. The molecule has 2 heterocycles. The number of benzene rings is 2. The minimum absolute atomic E-state index is 0.0153. The van der Waals surface area contributed by atoms with E-state index in [9.17, 15) is 19.8 Å². The third-order valence-corrected chi connectivity index (χ3v) is 6.91. The summed E-state index contributed by atoms with van der Waals surface area (Å²) >= 11 is 0.796. The number of thiophene rings is 1. The SMILES string of the molecule is O=C(O)c1sc(C(=O)c2c[nH]c3c(CCCCCCO)cccc23)c(O)c1-c1ccccc1. The number of aliphatic hydroxyl groups excluding tert-OH is 1. The van der Waals surface area contributed by atoms with Crippen LogP contribution in [0, 0.1) is 0 Å². The normalized spacial score (nSPS) is 11.2. The Morgan fingerprint density at radius 1 is 0.909 bits per heavy atom. The number of carboxylic acids is 1. The number of carbonyl (C=O) groups is 2. The number of ketones is 1. The first kappa shape index (κ1) is 22.8. The van der Waals surface area contributed by atoms with Crippen molar-refractivity contribution in [3.05, 3.63) is 75.6 Å². The van der Waals surface area contributed by atoms with Gasteiger partial charge in [0.25, 0.3) is 0 Å². The lowest BCUT2D eigenvalue weighted by atomic mass is 10.00. The molecule has 4 rings (SSSR count). The van der Waals surface area contributed by atoms with Crippen LogP contribution in [-0.4, -0.2) is 38.7 Å². The molecule has 0 aliphatic rings. The van der Waals surface area contributed by atoms with Crippen molar-refractivity contribution in [1.29, 1.82) is 0 Å². The number of para-hydroxylation sites is 1. The van der Waals surface area contributed by atoms with Gasteiger partial charge in [-0.05, 0) is 30.4 Å². The number of aromatic amines is 1. The largest absolute Gasteiger partial charge is 0.506 e. The molecule has 0 aliphatic heterocycles. The number of aromatic hydroxyl groups is 1. The summed E-state index contributed by atoms with van der Waals surface area (Å²) in [5, 5.41) is 30.3. The fourth-order valence-electron chi connectivity index (χ4n) is 4.12. The van der Waals surface area contributed by atoms with Crippen LogP contribution in [-0.2, 0) is 6.42 Å². The van der Waals surface area contributed by atoms with Gasteiger partial charge in [0.2, 0.25) is 5.78 Å². The molecule has 2 aromatic heterocycles. The molecule has 4 N–H and O–H groups in total. The van der Waals surface area contributed by atoms with Crippen molar-refractivity contribution in [3.63, 3.8) is 0 Å². The van der Waals surface area contributed by atoms with E-state index in [0.717, 1.165) is 59.9 Å². The summed E-state index contributed by atoms with van der Waals surface area (Å²) in [6, 6.07) is 14.5. The first-order valence-corrected chi connectivity index (χ1v) is 11.7. The zero-order valence-corrected chi connectivity index (χ0v) is 18.8. The molecule has 170 valence electrons. The fourth-order valence-corrected chi connectivity index (χ4v) is 5.13. The van der Waals surface area contributed by atoms with Crippen LogP contribution in [0.5, 0.6) is 5.75 Å². The van der Waals surface area contributed by atoms with Gasteiger partial charge in [0.1, 0.15) is 15.5 Å². The predicted octanol–water partition coefficient (Wildman–Crippen LogP) is 5.63. The van der Waals surface area contributed by atoms with E-state index >= 15 is 0 Å². The topological polar surface area (TPSA) is 111 Å². The molecule has 33 heavy (non-hydrogen) atoms. The summed E-state index contributed by atoms with van der Waals surface area (Å²) in [6.45, 7) is 0.211. The van der Waals surface area contributed by atoms with E-state index in [2.05, 4.69) is 4.98 Å². The Morgan fingerprint density at radius 3 is 2.39 bits per heavy atom. The first-order valence-electron chi connectivity index (χ1n) is 10.9. The standard InChI is InChI=1S/C26H25NO5S/c28-14-7-2-1-4-11-17-12-8-13-18-19(15-27-21(17)18)22(29)25-23(30)20(24(33-25)26(31)32)16-9-5-3-6-10-16/h3,5-6,8-10,12-13,15,27-28,30H,1-2,4,7,11,14H2,(H,31,32). The molecule has 0 aliphatic carbocycles. The van der Waals surface area contributed by atoms with Crippen molar-refractivity contribution in [2.24, 2.45) is 0 Å². The predicted molar refractivity (Wildman–Crippen MR) is 129 cm³/mol. The van der Waals surface area contributed by atoms with Crippen molar-refractivity contribution in [3.8, 4) is 16.9 Å². The third kappa shape index (κ3) is 4.55. The smallest absolute Gasteiger partial charge is 0.346 e. The van der Waals surface area contributed by atoms with Crippen molar-refractivity contribution >= 4 is 34.0 Å². The zero-order chi connectivity index (χ0) is 23.4. The van der Waals surface area contributed by atoms with Gasteiger partial charge < -0.3 is 20.3 Å². The number of fused-ring (bicyclic) bond motifs is 1. The molecule has 0 saturated heterocycles. The molecule has 0 radical (unpaired) electrons. The highest BCUT2D eigenvalue weighted by molar-refractivity contribution is 7.17. The van der Waals surface area contributed by atoms with E-state index in [1.54, 1.807) is 36.5 Å². The van der Waals surface area contributed by atoms with E-state index < -0.39 is 11.8 Å². The minimum Gasteiger partial charge on any atom is -0.506 e. The van der Waals surface area contributed by atoms with Crippen LogP contribution in [0.25, 0.3) is 22.0 Å². The van der Waals surface area contributed by atoms with Gasteiger partial charge in [-0.1, -0.05) is 61.4 Å². The molecular formula is C26H25NO5S. The highest BCUT2D eigenvalue weighted by Gasteiger charge is 2.28. The number of aromatic nitrogens is 1. The van der Waals surface area contributed by atoms with Gasteiger partial charge in [0.15, 0.2) is 0 Å². The van der Waals surface area contributed by atoms with Crippen molar-refractivity contribution in [1.82, 2.24) is 4.98 Å². The maximum Gasteiger partial charge on any atom is 0.346 e. The van der Waals surface area contributed by atoms with Gasteiger partial charge in [-0.3, -0.25) is 4.79 Å². The average Bonchev–Trinajstić information content (AvgIpc) is 3.41. The van der Waals surface area contributed by atoms with E-state index in [1.165, 1.54) is 0 Å². The summed E-state index contributed by atoms with van der Waals surface area (Å²) in [7, 11) is 0. The molecule has 0 amide bonds. The Bertz CT molecular complexity index is 1290. The van der Waals surface area contributed by atoms with E-state index in [1.807, 2.05) is 18.2 Å². The molecule has 6 nitrogen and oxygen atoms in total. The summed E-state index contributed by atoms with van der Waals surface area (Å²) in [5.41, 5.74) is 3.09. The lowest BCUT2D eigenvalue weighted by Crippen LogP contribution is -1.98. The molecule has 0 atom stereocenters. The lowest BCUT2D eigenvalue weighted by molar-refractivity contribution is 0.0702. The molecule has 2 aromatic carbocycles.